The lowest BCUT2D eigenvalue weighted by atomic mass is 9.75. The summed E-state index contributed by atoms with van der Waals surface area (Å²) < 4.78 is 26.7. The van der Waals surface area contributed by atoms with Crippen LogP contribution < -0.4 is 4.90 Å². The van der Waals surface area contributed by atoms with Crippen LogP contribution in [0.25, 0.3) is 6.08 Å². The van der Waals surface area contributed by atoms with Crippen molar-refractivity contribution in [1.29, 1.82) is 0 Å². The van der Waals surface area contributed by atoms with Crippen molar-refractivity contribution < 1.29 is 18.1 Å². The molecular weight excluding hydrogens is 398 g/mol. The van der Waals surface area contributed by atoms with Crippen LogP contribution in [0.5, 0.6) is 0 Å². The van der Waals surface area contributed by atoms with Crippen LogP contribution in [0, 0.1) is 11.8 Å². The molecule has 0 spiro atoms. The van der Waals surface area contributed by atoms with Gasteiger partial charge in [0.05, 0.1) is 13.1 Å². The van der Waals surface area contributed by atoms with Gasteiger partial charge in [-0.3, -0.25) is 4.79 Å². The standard InChI is InChI=1S/C23H33N3O3S/c27-23(19-24-12-10-21-8-4-5-9-22(21)18-24)25-13-15-26(16-14-25)30(28,29)17-11-20-6-2-1-3-7-20/h1-3,6-7,11,17,21-22H,4-5,8-10,12-16,18-19H2/p+1/b17-11+/t21-,22-/m1/s1. The van der Waals surface area contributed by atoms with Crippen LogP contribution in [0.4, 0.5) is 0 Å². The predicted molar refractivity (Wildman–Crippen MR) is 118 cm³/mol. The highest BCUT2D eigenvalue weighted by atomic mass is 32.2. The Morgan fingerprint density at radius 2 is 1.70 bits per heavy atom. The Balaban J connectivity index is 1.25. The lowest BCUT2D eigenvalue weighted by molar-refractivity contribution is -0.903. The number of benzene rings is 1. The van der Waals surface area contributed by atoms with E-state index in [-0.39, 0.29) is 5.91 Å². The predicted octanol–water partition coefficient (Wildman–Crippen LogP) is 1.23. The maximum atomic E-state index is 12.8. The number of hydrogen-bond acceptors (Lipinski definition) is 3. The van der Waals surface area contributed by atoms with Crippen molar-refractivity contribution in [2.24, 2.45) is 11.8 Å². The average Bonchev–Trinajstić information content (AvgIpc) is 2.78. The molecule has 0 radical (unpaired) electrons. The molecule has 1 aromatic carbocycles. The van der Waals surface area contributed by atoms with Crippen molar-refractivity contribution in [2.45, 2.75) is 32.1 Å². The van der Waals surface area contributed by atoms with Gasteiger partial charge < -0.3 is 9.80 Å². The van der Waals surface area contributed by atoms with E-state index in [4.69, 9.17) is 0 Å². The molecule has 1 N–H and O–H groups in total. The van der Waals surface area contributed by atoms with Gasteiger partial charge >= 0.3 is 0 Å². The molecule has 3 fully saturated rings. The summed E-state index contributed by atoms with van der Waals surface area (Å²) in [4.78, 5) is 16.1. The van der Waals surface area contributed by atoms with Crippen LogP contribution in [0.15, 0.2) is 35.7 Å². The quantitative estimate of drug-likeness (QED) is 0.761. The smallest absolute Gasteiger partial charge is 0.277 e. The SMILES string of the molecule is O=C(C[NH+]1CC[C@H]2CCCC[C@@H]2C1)N1CCN(S(=O)(=O)/C=C/c2ccccc2)CC1. The minimum atomic E-state index is -3.46. The summed E-state index contributed by atoms with van der Waals surface area (Å²) in [6.07, 6.45) is 8.31. The molecule has 2 aliphatic heterocycles. The second-order valence-electron chi connectivity index (χ2n) is 9.01. The van der Waals surface area contributed by atoms with Gasteiger partial charge in [0.25, 0.3) is 5.91 Å². The zero-order valence-corrected chi connectivity index (χ0v) is 18.5. The first-order chi connectivity index (χ1) is 14.5. The molecule has 4 rings (SSSR count). The Morgan fingerprint density at radius 3 is 2.43 bits per heavy atom. The molecule has 7 heteroatoms. The Kier molecular flexibility index (Phi) is 6.91. The first kappa shape index (κ1) is 21.5. The summed E-state index contributed by atoms with van der Waals surface area (Å²) in [5.74, 6) is 1.86. The van der Waals surface area contributed by atoms with E-state index in [1.165, 1.54) is 46.7 Å². The van der Waals surface area contributed by atoms with Gasteiger partial charge in [-0.1, -0.05) is 43.2 Å². The van der Waals surface area contributed by atoms with E-state index in [0.717, 1.165) is 30.5 Å². The summed E-state index contributed by atoms with van der Waals surface area (Å²) in [5, 5.41) is 1.28. The van der Waals surface area contributed by atoms with Gasteiger partial charge in [-0.05, 0) is 36.8 Å². The molecule has 30 heavy (non-hydrogen) atoms. The van der Waals surface area contributed by atoms with Gasteiger partial charge in [0.2, 0.25) is 10.0 Å². The zero-order chi connectivity index (χ0) is 21.0. The number of nitrogens with zero attached hydrogens (tertiary/aromatic N) is 2. The highest BCUT2D eigenvalue weighted by Gasteiger charge is 2.35. The van der Waals surface area contributed by atoms with E-state index < -0.39 is 10.0 Å². The third kappa shape index (κ3) is 5.31. The van der Waals surface area contributed by atoms with Gasteiger partial charge in [-0.15, -0.1) is 0 Å². The molecule has 3 aliphatic rings. The summed E-state index contributed by atoms with van der Waals surface area (Å²) in [7, 11) is -3.46. The number of sulfonamides is 1. The summed E-state index contributed by atoms with van der Waals surface area (Å²) >= 11 is 0. The lowest BCUT2D eigenvalue weighted by Gasteiger charge is -2.39. The van der Waals surface area contributed by atoms with Crippen molar-refractivity contribution in [3.63, 3.8) is 0 Å². The maximum Gasteiger partial charge on any atom is 0.277 e. The normalized spacial score (nSPS) is 28.4. The van der Waals surface area contributed by atoms with Crippen molar-refractivity contribution in [3.05, 3.63) is 41.3 Å². The van der Waals surface area contributed by atoms with E-state index in [2.05, 4.69) is 0 Å². The monoisotopic (exact) mass is 432 g/mol. The molecule has 1 aliphatic carbocycles. The largest absolute Gasteiger partial charge is 0.335 e. The molecule has 3 atom stereocenters. The average molecular weight is 433 g/mol. The van der Waals surface area contributed by atoms with Gasteiger partial charge in [0.1, 0.15) is 0 Å². The minimum Gasteiger partial charge on any atom is -0.335 e. The van der Waals surface area contributed by atoms with Gasteiger partial charge in [0.15, 0.2) is 6.54 Å². The van der Waals surface area contributed by atoms with Crippen LogP contribution >= 0.6 is 0 Å². The third-order valence-corrected chi connectivity index (χ3v) is 8.64. The Morgan fingerprint density at radius 1 is 1.00 bits per heavy atom. The number of carbonyl (C=O) groups is 1. The van der Waals surface area contributed by atoms with Gasteiger partial charge in [0, 0.05) is 37.5 Å². The number of quaternary nitrogens is 1. The summed E-state index contributed by atoms with van der Waals surface area (Å²) in [6, 6.07) is 9.42. The molecule has 0 aromatic heterocycles. The molecule has 2 heterocycles. The number of hydrogen-bond donors (Lipinski definition) is 1. The molecule has 1 amide bonds. The van der Waals surface area contributed by atoms with E-state index in [1.807, 2.05) is 35.2 Å². The highest BCUT2D eigenvalue weighted by molar-refractivity contribution is 7.92. The van der Waals surface area contributed by atoms with Crippen LogP contribution in [0.1, 0.15) is 37.7 Å². The molecular formula is C23H34N3O3S+. The first-order valence-electron chi connectivity index (χ1n) is 11.4. The van der Waals surface area contributed by atoms with Crippen molar-refractivity contribution in [2.75, 3.05) is 45.8 Å². The second kappa shape index (κ2) is 9.62. The molecule has 164 valence electrons. The highest BCUT2D eigenvalue weighted by Crippen LogP contribution is 2.32. The number of carbonyl (C=O) groups excluding carboxylic acids is 1. The topological polar surface area (TPSA) is 62.1 Å². The fourth-order valence-electron chi connectivity index (χ4n) is 5.29. The number of piperidine rings is 1. The van der Waals surface area contributed by atoms with Crippen LogP contribution in [-0.2, 0) is 14.8 Å². The van der Waals surface area contributed by atoms with Crippen molar-refractivity contribution in [1.82, 2.24) is 9.21 Å². The Hall–Kier alpha value is -1.70. The van der Waals surface area contributed by atoms with Crippen molar-refractivity contribution >= 4 is 22.0 Å². The fourth-order valence-corrected chi connectivity index (χ4v) is 6.46. The van der Waals surface area contributed by atoms with Crippen LogP contribution in [0.3, 0.4) is 0 Å². The molecule has 2 saturated heterocycles. The van der Waals surface area contributed by atoms with Crippen LogP contribution in [0.2, 0.25) is 0 Å². The molecule has 0 bridgehead atoms. The fraction of sp³-hybridized carbons (Fsp3) is 0.609. The molecule has 1 unspecified atom stereocenters. The first-order valence-corrected chi connectivity index (χ1v) is 12.9. The second-order valence-corrected chi connectivity index (χ2v) is 10.8. The Labute approximate surface area is 180 Å². The third-order valence-electron chi connectivity index (χ3n) is 7.07. The minimum absolute atomic E-state index is 0.177. The number of piperazine rings is 1. The number of rotatable bonds is 5. The van der Waals surface area contributed by atoms with E-state index >= 15 is 0 Å². The summed E-state index contributed by atoms with van der Waals surface area (Å²) in [5.41, 5.74) is 0.861. The van der Waals surface area contributed by atoms with E-state index in [9.17, 15) is 13.2 Å². The number of likely N-dealkylation sites (tertiary alicyclic amines) is 1. The zero-order valence-electron chi connectivity index (χ0n) is 17.7. The van der Waals surface area contributed by atoms with E-state index in [0.29, 0.717) is 32.7 Å². The number of nitrogens with one attached hydrogen (secondary N) is 1. The Bertz CT molecular complexity index is 848. The molecule has 1 aromatic rings. The lowest BCUT2D eigenvalue weighted by Crippen LogP contribution is -3.15. The van der Waals surface area contributed by atoms with Gasteiger partial charge in [-0.25, -0.2) is 8.42 Å². The number of amides is 1. The van der Waals surface area contributed by atoms with Crippen LogP contribution in [-0.4, -0.2) is 69.3 Å². The van der Waals surface area contributed by atoms with Crippen molar-refractivity contribution in [3.8, 4) is 0 Å². The maximum absolute atomic E-state index is 12.8. The van der Waals surface area contributed by atoms with Gasteiger partial charge in [-0.2, -0.15) is 4.31 Å². The molecule has 6 nitrogen and oxygen atoms in total. The number of fused-ring (bicyclic) bond motifs is 1. The molecule has 1 saturated carbocycles. The summed E-state index contributed by atoms with van der Waals surface area (Å²) in [6.45, 7) is 4.50. The van der Waals surface area contributed by atoms with E-state index in [1.54, 1.807) is 6.08 Å².